The van der Waals surface area contributed by atoms with Gasteiger partial charge < -0.3 is 15.8 Å². The van der Waals surface area contributed by atoms with Gasteiger partial charge in [-0.3, -0.25) is 0 Å². The lowest BCUT2D eigenvalue weighted by molar-refractivity contribution is 0.0602. The Hall–Kier alpha value is -1.36. The van der Waals surface area contributed by atoms with Crippen LogP contribution in [0.1, 0.15) is 23.2 Å². The van der Waals surface area contributed by atoms with Gasteiger partial charge in [0.05, 0.1) is 24.0 Å². The van der Waals surface area contributed by atoms with Crippen molar-refractivity contribution < 1.29 is 9.53 Å². The molecule has 0 amide bonds. The Morgan fingerprint density at radius 1 is 1.56 bits per heavy atom. The third kappa shape index (κ3) is 2.90. The molecule has 1 aromatic carbocycles. The number of carbonyl (C=O) groups is 1. The summed E-state index contributed by atoms with van der Waals surface area (Å²) in [6, 6.07) is 5.67. The van der Waals surface area contributed by atoms with E-state index in [4.69, 9.17) is 10.5 Å². The number of ether oxygens (including phenoxy) is 1. The van der Waals surface area contributed by atoms with Crippen LogP contribution in [0, 0.1) is 0 Å². The van der Waals surface area contributed by atoms with Crippen LogP contribution in [0.3, 0.4) is 0 Å². The molecule has 1 heterocycles. The Balaban J connectivity index is 2.21. The summed E-state index contributed by atoms with van der Waals surface area (Å²) in [7, 11) is 1.38. The van der Waals surface area contributed by atoms with Gasteiger partial charge in [0.25, 0.3) is 0 Å². The number of benzene rings is 1. The van der Waals surface area contributed by atoms with E-state index in [1.165, 1.54) is 19.3 Å². The van der Waals surface area contributed by atoms with Gasteiger partial charge in [-0.1, -0.05) is 6.07 Å². The number of nitrogens with one attached hydrogen (secondary N) is 1. The number of rotatable bonds is 3. The van der Waals surface area contributed by atoms with Crippen molar-refractivity contribution in [2.45, 2.75) is 18.9 Å². The summed E-state index contributed by atoms with van der Waals surface area (Å²) in [5.74, 6) is 1.91. The maximum Gasteiger partial charge on any atom is 0.340 e. The summed E-state index contributed by atoms with van der Waals surface area (Å²) in [6.07, 6.45) is 2.31. The highest BCUT2D eigenvalue weighted by molar-refractivity contribution is 7.99. The van der Waals surface area contributed by atoms with E-state index in [1.807, 2.05) is 11.8 Å². The summed E-state index contributed by atoms with van der Waals surface area (Å²) < 4.78 is 4.78. The summed E-state index contributed by atoms with van der Waals surface area (Å²) in [5.41, 5.74) is 7.76. The molecule has 4 nitrogen and oxygen atoms in total. The Labute approximate surface area is 111 Å². The topological polar surface area (TPSA) is 64.3 Å². The molecule has 0 radical (unpaired) electrons. The molecule has 18 heavy (non-hydrogen) atoms. The standard InChI is InChI=1S/C13H18N2O2S/c1-17-13(16)10-5-2-6-11(14)12(10)15-9-4-3-7-18-8-9/h2,5-6,9,15H,3-4,7-8,14H2,1H3. The van der Waals surface area contributed by atoms with Gasteiger partial charge in [0, 0.05) is 11.8 Å². The van der Waals surface area contributed by atoms with Gasteiger partial charge in [-0.25, -0.2) is 4.79 Å². The molecule has 1 fully saturated rings. The number of nitrogens with two attached hydrogens (primary N) is 1. The molecule has 1 saturated heterocycles. The van der Waals surface area contributed by atoms with E-state index in [2.05, 4.69) is 5.32 Å². The lowest BCUT2D eigenvalue weighted by Gasteiger charge is -2.25. The van der Waals surface area contributed by atoms with Gasteiger partial charge in [0.15, 0.2) is 0 Å². The van der Waals surface area contributed by atoms with E-state index in [0.29, 0.717) is 23.0 Å². The zero-order chi connectivity index (χ0) is 13.0. The van der Waals surface area contributed by atoms with Crippen molar-refractivity contribution in [3.63, 3.8) is 0 Å². The van der Waals surface area contributed by atoms with Crippen molar-refractivity contribution in [1.82, 2.24) is 0 Å². The molecule has 0 aliphatic carbocycles. The average Bonchev–Trinajstić information content (AvgIpc) is 2.41. The van der Waals surface area contributed by atoms with Crippen LogP contribution >= 0.6 is 11.8 Å². The normalized spacial score (nSPS) is 19.3. The molecule has 0 saturated carbocycles. The van der Waals surface area contributed by atoms with E-state index in [1.54, 1.807) is 18.2 Å². The molecule has 0 aromatic heterocycles. The maximum atomic E-state index is 11.7. The quantitative estimate of drug-likeness (QED) is 0.649. The first-order chi connectivity index (χ1) is 8.72. The first-order valence-corrected chi connectivity index (χ1v) is 7.19. The van der Waals surface area contributed by atoms with Crippen LogP contribution in [0.5, 0.6) is 0 Å². The zero-order valence-electron chi connectivity index (χ0n) is 10.4. The van der Waals surface area contributed by atoms with E-state index in [0.717, 1.165) is 12.2 Å². The fourth-order valence-electron chi connectivity index (χ4n) is 2.07. The number of anilines is 2. The first kappa shape index (κ1) is 13.1. The first-order valence-electron chi connectivity index (χ1n) is 6.03. The van der Waals surface area contributed by atoms with Crippen LogP contribution in [0.4, 0.5) is 11.4 Å². The Morgan fingerprint density at radius 2 is 2.39 bits per heavy atom. The van der Waals surface area contributed by atoms with E-state index in [9.17, 15) is 4.79 Å². The zero-order valence-corrected chi connectivity index (χ0v) is 11.3. The van der Waals surface area contributed by atoms with E-state index < -0.39 is 0 Å². The molecule has 5 heteroatoms. The third-order valence-electron chi connectivity index (χ3n) is 3.01. The number of carbonyl (C=O) groups excluding carboxylic acids is 1. The van der Waals surface area contributed by atoms with Crippen LogP contribution in [0.25, 0.3) is 0 Å². The molecular formula is C13H18N2O2S. The van der Waals surface area contributed by atoms with Crippen molar-refractivity contribution >= 4 is 29.1 Å². The van der Waals surface area contributed by atoms with Crippen molar-refractivity contribution in [2.75, 3.05) is 29.7 Å². The molecule has 1 aromatic rings. The third-order valence-corrected chi connectivity index (χ3v) is 4.23. The number of nitrogen functional groups attached to an aromatic ring is 1. The number of para-hydroxylation sites is 1. The van der Waals surface area contributed by atoms with Crippen LogP contribution in [-0.2, 0) is 4.74 Å². The highest BCUT2D eigenvalue weighted by Crippen LogP contribution is 2.28. The highest BCUT2D eigenvalue weighted by Gasteiger charge is 2.19. The minimum absolute atomic E-state index is 0.353. The molecule has 3 N–H and O–H groups in total. The summed E-state index contributed by atoms with van der Waals surface area (Å²) in [5, 5.41) is 3.39. The van der Waals surface area contributed by atoms with Gasteiger partial charge in [-0.15, -0.1) is 0 Å². The SMILES string of the molecule is COC(=O)c1cccc(N)c1NC1CCCSC1. The lowest BCUT2D eigenvalue weighted by atomic mass is 10.1. The van der Waals surface area contributed by atoms with Gasteiger partial charge in [-0.05, 0) is 30.7 Å². The van der Waals surface area contributed by atoms with Crippen LogP contribution in [0.15, 0.2) is 18.2 Å². The minimum atomic E-state index is -0.353. The monoisotopic (exact) mass is 266 g/mol. The predicted octanol–water partition coefficient (Wildman–Crippen LogP) is 2.36. The van der Waals surface area contributed by atoms with E-state index >= 15 is 0 Å². The van der Waals surface area contributed by atoms with Crippen molar-refractivity contribution in [3.05, 3.63) is 23.8 Å². The van der Waals surface area contributed by atoms with Gasteiger partial charge in [-0.2, -0.15) is 11.8 Å². The largest absolute Gasteiger partial charge is 0.465 e. The number of thioether (sulfide) groups is 1. The second-order valence-electron chi connectivity index (χ2n) is 4.32. The number of hydrogen-bond acceptors (Lipinski definition) is 5. The van der Waals surface area contributed by atoms with Gasteiger partial charge >= 0.3 is 5.97 Å². The van der Waals surface area contributed by atoms with Gasteiger partial charge in [0.2, 0.25) is 0 Å². The molecule has 1 aliphatic heterocycles. The van der Waals surface area contributed by atoms with Crippen molar-refractivity contribution in [3.8, 4) is 0 Å². The Morgan fingerprint density at radius 3 is 3.06 bits per heavy atom. The molecule has 1 aliphatic rings. The number of methoxy groups -OCH3 is 1. The van der Waals surface area contributed by atoms with Crippen molar-refractivity contribution in [1.29, 1.82) is 0 Å². The molecule has 1 atom stereocenters. The van der Waals surface area contributed by atoms with Crippen LogP contribution in [-0.4, -0.2) is 30.6 Å². The lowest BCUT2D eigenvalue weighted by Crippen LogP contribution is -2.27. The fraction of sp³-hybridized carbons (Fsp3) is 0.462. The maximum absolute atomic E-state index is 11.7. The number of hydrogen-bond donors (Lipinski definition) is 2. The van der Waals surface area contributed by atoms with Crippen LogP contribution in [0.2, 0.25) is 0 Å². The molecule has 98 valence electrons. The number of esters is 1. The summed E-state index contributed by atoms with van der Waals surface area (Å²) in [4.78, 5) is 11.7. The average molecular weight is 266 g/mol. The van der Waals surface area contributed by atoms with E-state index in [-0.39, 0.29) is 5.97 Å². The molecular weight excluding hydrogens is 248 g/mol. The Bertz CT molecular complexity index is 431. The minimum Gasteiger partial charge on any atom is -0.465 e. The van der Waals surface area contributed by atoms with Crippen LogP contribution < -0.4 is 11.1 Å². The second kappa shape index (κ2) is 6.00. The predicted molar refractivity (Wildman–Crippen MR) is 76.2 cm³/mol. The second-order valence-corrected chi connectivity index (χ2v) is 5.47. The Kier molecular flexibility index (Phi) is 4.36. The summed E-state index contributed by atoms with van der Waals surface area (Å²) >= 11 is 1.93. The molecule has 1 unspecified atom stereocenters. The molecule has 2 rings (SSSR count). The summed E-state index contributed by atoms with van der Waals surface area (Å²) in [6.45, 7) is 0. The van der Waals surface area contributed by atoms with Crippen molar-refractivity contribution in [2.24, 2.45) is 0 Å². The molecule has 0 spiro atoms. The molecule has 0 bridgehead atoms. The fourth-order valence-corrected chi connectivity index (χ4v) is 3.14. The highest BCUT2D eigenvalue weighted by atomic mass is 32.2. The smallest absolute Gasteiger partial charge is 0.340 e. The van der Waals surface area contributed by atoms with Gasteiger partial charge in [0.1, 0.15) is 0 Å².